The van der Waals surface area contributed by atoms with E-state index in [0.29, 0.717) is 18.4 Å². The molecular weight excluding hydrogens is 312 g/mol. The van der Waals surface area contributed by atoms with Crippen molar-refractivity contribution in [2.75, 3.05) is 6.61 Å². The van der Waals surface area contributed by atoms with Crippen LogP contribution in [0, 0.1) is 6.92 Å². The molecule has 1 aromatic rings. The molecule has 2 heterocycles. The van der Waals surface area contributed by atoms with Crippen LogP contribution in [0.15, 0.2) is 15.8 Å². The van der Waals surface area contributed by atoms with Crippen LogP contribution >= 0.6 is 0 Å². The van der Waals surface area contributed by atoms with E-state index >= 15 is 0 Å². The van der Waals surface area contributed by atoms with E-state index in [2.05, 4.69) is 4.98 Å². The highest BCUT2D eigenvalue weighted by molar-refractivity contribution is 5.95. The zero-order valence-corrected chi connectivity index (χ0v) is 12.2. The SMILES string of the molecule is Cc1cn(C2CCC(COC(C(=O)O)C(=O)O)O2)c(=O)[nH]c1=O. The van der Waals surface area contributed by atoms with Gasteiger partial charge >= 0.3 is 17.6 Å². The summed E-state index contributed by atoms with van der Waals surface area (Å²) in [5.41, 5.74) is -0.735. The maximum absolute atomic E-state index is 11.8. The Hall–Kier alpha value is -2.46. The van der Waals surface area contributed by atoms with Gasteiger partial charge < -0.3 is 19.7 Å². The summed E-state index contributed by atoms with van der Waals surface area (Å²) in [5, 5.41) is 17.4. The zero-order chi connectivity index (χ0) is 17.1. The number of nitrogens with zero attached hydrogens (tertiary/aromatic N) is 1. The largest absolute Gasteiger partial charge is 0.479 e. The number of rotatable bonds is 6. The minimum Gasteiger partial charge on any atom is -0.479 e. The highest BCUT2D eigenvalue weighted by Crippen LogP contribution is 2.27. The van der Waals surface area contributed by atoms with Crippen LogP contribution in [0.5, 0.6) is 0 Å². The van der Waals surface area contributed by atoms with Crippen molar-refractivity contribution < 1.29 is 29.3 Å². The molecule has 1 aliphatic rings. The summed E-state index contributed by atoms with van der Waals surface area (Å²) >= 11 is 0. The second-order valence-electron chi connectivity index (χ2n) is 5.16. The molecule has 0 radical (unpaired) electrons. The molecule has 0 amide bonds. The average Bonchev–Trinajstić information content (AvgIpc) is 2.91. The van der Waals surface area contributed by atoms with Crippen LogP contribution in [-0.4, -0.2) is 50.5 Å². The van der Waals surface area contributed by atoms with Crippen LogP contribution in [0.3, 0.4) is 0 Å². The number of nitrogens with one attached hydrogen (secondary N) is 1. The second-order valence-corrected chi connectivity index (χ2v) is 5.16. The Labute approximate surface area is 129 Å². The van der Waals surface area contributed by atoms with Crippen LogP contribution in [-0.2, 0) is 19.1 Å². The van der Waals surface area contributed by atoms with Crippen LogP contribution in [0.4, 0.5) is 0 Å². The molecule has 2 rings (SSSR count). The Morgan fingerprint density at radius 1 is 1.39 bits per heavy atom. The molecule has 0 aromatic carbocycles. The second kappa shape index (κ2) is 6.75. The molecular formula is C13H16N2O8. The van der Waals surface area contributed by atoms with Gasteiger partial charge in [0.05, 0.1) is 12.7 Å². The fraction of sp³-hybridized carbons (Fsp3) is 0.538. The van der Waals surface area contributed by atoms with E-state index in [4.69, 9.17) is 19.7 Å². The molecule has 1 aromatic heterocycles. The van der Waals surface area contributed by atoms with Gasteiger partial charge in [0.2, 0.25) is 0 Å². The monoisotopic (exact) mass is 328 g/mol. The molecule has 126 valence electrons. The van der Waals surface area contributed by atoms with Crippen molar-refractivity contribution in [3.8, 4) is 0 Å². The van der Waals surface area contributed by atoms with E-state index in [1.165, 1.54) is 10.8 Å². The zero-order valence-electron chi connectivity index (χ0n) is 12.2. The first-order chi connectivity index (χ1) is 10.8. The minimum atomic E-state index is -1.96. The van der Waals surface area contributed by atoms with E-state index in [-0.39, 0.29) is 6.61 Å². The molecule has 0 bridgehead atoms. The van der Waals surface area contributed by atoms with Crippen molar-refractivity contribution in [3.63, 3.8) is 0 Å². The third-order valence-electron chi connectivity index (χ3n) is 3.44. The predicted octanol–water partition coefficient (Wildman–Crippen LogP) is -0.923. The Morgan fingerprint density at radius 3 is 2.65 bits per heavy atom. The number of H-pyrrole nitrogens is 1. The van der Waals surface area contributed by atoms with Gasteiger partial charge in [-0.1, -0.05) is 0 Å². The molecule has 23 heavy (non-hydrogen) atoms. The van der Waals surface area contributed by atoms with Crippen LogP contribution in [0.1, 0.15) is 24.6 Å². The van der Waals surface area contributed by atoms with Crippen molar-refractivity contribution in [2.24, 2.45) is 0 Å². The molecule has 0 spiro atoms. The normalized spacial score (nSPS) is 20.8. The van der Waals surface area contributed by atoms with Crippen LogP contribution < -0.4 is 11.2 Å². The van der Waals surface area contributed by atoms with E-state index in [1.54, 1.807) is 6.92 Å². The van der Waals surface area contributed by atoms with Crippen molar-refractivity contribution in [2.45, 2.75) is 38.2 Å². The van der Waals surface area contributed by atoms with Gasteiger partial charge in [0, 0.05) is 11.8 Å². The molecule has 1 saturated heterocycles. The smallest absolute Gasteiger partial charge is 0.344 e. The summed E-state index contributed by atoms with van der Waals surface area (Å²) in [6.45, 7) is 1.32. The summed E-state index contributed by atoms with van der Waals surface area (Å²) in [5.74, 6) is -3.20. The lowest BCUT2D eigenvalue weighted by atomic mass is 10.2. The number of hydrogen-bond acceptors (Lipinski definition) is 6. The van der Waals surface area contributed by atoms with E-state index in [1.807, 2.05) is 0 Å². The molecule has 2 atom stereocenters. The van der Waals surface area contributed by atoms with Gasteiger partial charge in [-0.3, -0.25) is 14.3 Å². The lowest BCUT2D eigenvalue weighted by Gasteiger charge is -2.17. The standard InChI is InChI=1S/C13H16N2O8/c1-6-4-15(13(21)14-10(6)16)8-3-2-7(23-8)5-22-9(11(17)18)12(19)20/h4,7-9H,2-3,5H2,1H3,(H,17,18)(H,19,20)(H,14,16,21). The molecule has 10 heteroatoms. The van der Waals surface area contributed by atoms with Gasteiger partial charge in [0.1, 0.15) is 6.23 Å². The number of carbonyl (C=O) groups is 2. The number of hydrogen-bond donors (Lipinski definition) is 3. The van der Waals surface area contributed by atoms with Gasteiger partial charge in [-0.05, 0) is 19.8 Å². The molecule has 1 aliphatic heterocycles. The lowest BCUT2D eigenvalue weighted by molar-refractivity contribution is -0.168. The maximum Gasteiger partial charge on any atom is 0.344 e. The number of aromatic amines is 1. The number of aromatic nitrogens is 2. The topological polar surface area (TPSA) is 148 Å². The summed E-state index contributed by atoms with van der Waals surface area (Å²) < 4.78 is 11.6. The number of ether oxygens (including phenoxy) is 2. The van der Waals surface area contributed by atoms with Crippen molar-refractivity contribution in [1.29, 1.82) is 0 Å². The average molecular weight is 328 g/mol. The molecule has 3 N–H and O–H groups in total. The summed E-state index contributed by atoms with van der Waals surface area (Å²) in [6, 6.07) is 0. The highest BCUT2D eigenvalue weighted by atomic mass is 16.6. The van der Waals surface area contributed by atoms with E-state index in [9.17, 15) is 19.2 Å². The van der Waals surface area contributed by atoms with Gasteiger partial charge in [0.15, 0.2) is 0 Å². The number of aliphatic carboxylic acids is 2. The molecule has 1 fully saturated rings. The minimum absolute atomic E-state index is 0.225. The molecule has 2 unspecified atom stereocenters. The van der Waals surface area contributed by atoms with Gasteiger partial charge in [0.25, 0.3) is 11.7 Å². The lowest BCUT2D eigenvalue weighted by Crippen LogP contribution is -2.36. The summed E-state index contributed by atoms with van der Waals surface area (Å²) in [7, 11) is 0. The summed E-state index contributed by atoms with van der Waals surface area (Å²) in [6.07, 6.45) is -0.839. The first kappa shape index (κ1) is 16.9. The van der Waals surface area contributed by atoms with Crippen molar-refractivity contribution in [3.05, 3.63) is 32.6 Å². The maximum atomic E-state index is 11.8. The molecule has 10 nitrogen and oxygen atoms in total. The first-order valence-corrected chi connectivity index (χ1v) is 6.84. The van der Waals surface area contributed by atoms with Crippen LogP contribution in [0.2, 0.25) is 0 Å². The Kier molecular flexibility index (Phi) is 4.96. The Balaban J connectivity index is 2.00. The van der Waals surface area contributed by atoms with Crippen molar-refractivity contribution >= 4 is 11.9 Å². The number of carboxylic acids is 2. The third-order valence-corrected chi connectivity index (χ3v) is 3.44. The van der Waals surface area contributed by atoms with E-state index < -0.39 is 41.6 Å². The Morgan fingerprint density at radius 2 is 2.04 bits per heavy atom. The Bertz CT molecular complexity index is 707. The summed E-state index contributed by atoms with van der Waals surface area (Å²) in [4.78, 5) is 46.7. The molecule has 0 saturated carbocycles. The predicted molar refractivity (Wildman–Crippen MR) is 74.2 cm³/mol. The fourth-order valence-electron chi connectivity index (χ4n) is 2.27. The fourth-order valence-corrected chi connectivity index (χ4v) is 2.27. The number of aryl methyl sites for hydroxylation is 1. The van der Waals surface area contributed by atoms with Gasteiger partial charge in [-0.15, -0.1) is 0 Å². The van der Waals surface area contributed by atoms with Crippen molar-refractivity contribution in [1.82, 2.24) is 9.55 Å². The first-order valence-electron chi connectivity index (χ1n) is 6.84. The number of carboxylic acid groups (broad SMARTS) is 2. The van der Waals surface area contributed by atoms with Gasteiger partial charge in [-0.25, -0.2) is 14.4 Å². The van der Waals surface area contributed by atoms with Crippen LogP contribution in [0.25, 0.3) is 0 Å². The van der Waals surface area contributed by atoms with Gasteiger partial charge in [-0.2, -0.15) is 0 Å². The molecule has 0 aliphatic carbocycles. The quantitative estimate of drug-likeness (QED) is 0.568. The highest BCUT2D eigenvalue weighted by Gasteiger charge is 2.32. The third kappa shape index (κ3) is 3.85. The van der Waals surface area contributed by atoms with E-state index in [0.717, 1.165) is 0 Å².